The predicted molar refractivity (Wildman–Crippen MR) is 84.2 cm³/mol. The van der Waals surface area contributed by atoms with Gasteiger partial charge in [-0.1, -0.05) is 62.9 Å². The fourth-order valence-corrected chi connectivity index (χ4v) is 2.66. The van der Waals surface area contributed by atoms with E-state index in [-0.39, 0.29) is 4.75 Å². The molecule has 0 N–H and O–H groups in total. The molecule has 0 spiro atoms. The average molecular weight is 288 g/mol. The molecule has 2 rings (SSSR count). The third kappa shape index (κ3) is 3.97. The molecule has 0 atom stereocenters. The van der Waals surface area contributed by atoms with E-state index in [4.69, 9.17) is 4.74 Å². The fraction of sp³-hybridized carbons (Fsp3) is 0.375. The van der Waals surface area contributed by atoms with Crippen LogP contribution in [0.25, 0.3) is 11.3 Å². The number of benzene rings is 1. The maximum absolute atomic E-state index is 5.73. The highest BCUT2D eigenvalue weighted by molar-refractivity contribution is 8.00. The Labute approximate surface area is 124 Å². The molecule has 0 bridgehead atoms. The first-order valence-electron chi connectivity index (χ1n) is 6.74. The highest BCUT2D eigenvalue weighted by Gasteiger charge is 2.16. The van der Waals surface area contributed by atoms with E-state index in [9.17, 15) is 0 Å². The lowest BCUT2D eigenvalue weighted by Gasteiger charge is -2.17. The molecule has 1 heterocycles. The molecule has 0 amide bonds. The molecule has 4 heteroatoms. The van der Waals surface area contributed by atoms with Gasteiger partial charge in [-0.3, -0.25) is 0 Å². The van der Waals surface area contributed by atoms with E-state index in [1.54, 1.807) is 11.8 Å². The molecule has 3 nitrogen and oxygen atoms in total. The van der Waals surface area contributed by atoms with Crippen molar-refractivity contribution in [2.75, 3.05) is 6.61 Å². The van der Waals surface area contributed by atoms with Crippen molar-refractivity contribution < 1.29 is 4.74 Å². The van der Waals surface area contributed by atoms with Gasteiger partial charge in [-0.05, 0) is 6.92 Å². The number of hydrogen-bond donors (Lipinski definition) is 0. The molecule has 20 heavy (non-hydrogen) atoms. The normalized spacial score (nSPS) is 11.4. The number of aromatic nitrogens is 2. The molecular weight excluding hydrogens is 268 g/mol. The summed E-state index contributed by atoms with van der Waals surface area (Å²) >= 11 is 1.69. The van der Waals surface area contributed by atoms with Crippen LogP contribution in [0.15, 0.2) is 41.4 Å². The lowest BCUT2D eigenvalue weighted by atomic mass is 10.1. The second-order valence-corrected chi connectivity index (χ2v) is 7.26. The molecule has 0 unspecified atom stereocenters. The lowest BCUT2D eigenvalue weighted by Crippen LogP contribution is -2.08. The summed E-state index contributed by atoms with van der Waals surface area (Å²) in [5.74, 6) is 0.792. The molecule has 0 aliphatic heterocycles. The average Bonchev–Trinajstić information content (AvgIpc) is 2.38. The minimum absolute atomic E-state index is 0.104. The van der Waals surface area contributed by atoms with Gasteiger partial charge in [-0.2, -0.15) is 0 Å². The van der Waals surface area contributed by atoms with Gasteiger partial charge in [-0.15, -0.1) is 10.2 Å². The Morgan fingerprint density at radius 1 is 1.10 bits per heavy atom. The van der Waals surface area contributed by atoms with Crippen LogP contribution in [0.1, 0.15) is 27.7 Å². The van der Waals surface area contributed by atoms with Crippen molar-refractivity contribution in [3.8, 4) is 17.0 Å². The summed E-state index contributed by atoms with van der Waals surface area (Å²) in [7, 11) is 0. The van der Waals surface area contributed by atoms with Crippen molar-refractivity contribution in [1.82, 2.24) is 10.2 Å². The van der Waals surface area contributed by atoms with Gasteiger partial charge in [0, 0.05) is 16.4 Å². The zero-order valence-electron chi connectivity index (χ0n) is 12.4. The molecule has 0 saturated heterocycles. The van der Waals surface area contributed by atoms with E-state index < -0.39 is 0 Å². The van der Waals surface area contributed by atoms with Crippen LogP contribution < -0.4 is 4.74 Å². The van der Waals surface area contributed by atoms with Crippen LogP contribution >= 0.6 is 11.8 Å². The maximum atomic E-state index is 5.73. The molecule has 1 aromatic carbocycles. The van der Waals surface area contributed by atoms with E-state index >= 15 is 0 Å². The predicted octanol–water partition coefficient (Wildman–Crippen LogP) is 4.43. The second-order valence-electron chi connectivity index (χ2n) is 5.41. The zero-order valence-corrected chi connectivity index (χ0v) is 13.2. The largest absolute Gasteiger partial charge is 0.491 e. The molecule has 0 aliphatic rings. The van der Waals surface area contributed by atoms with Crippen LogP contribution in [-0.4, -0.2) is 21.6 Å². The highest BCUT2D eigenvalue weighted by Crippen LogP contribution is 2.35. The minimum Gasteiger partial charge on any atom is -0.491 e. The van der Waals surface area contributed by atoms with Crippen LogP contribution in [0.4, 0.5) is 0 Å². The van der Waals surface area contributed by atoms with Crippen molar-refractivity contribution in [3.05, 3.63) is 36.4 Å². The number of hydrogen-bond acceptors (Lipinski definition) is 4. The van der Waals surface area contributed by atoms with Crippen LogP contribution in [0.3, 0.4) is 0 Å². The highest BCUT2D eigenvalue weighted by atomic mass is 32.2. The van der Waals surface area contributed by atoms with E-state index in [1.165, 1.54) is 0 Å². The molecular formula is C16H20N2OS. The van der Waals surface area contributed by atoms with Crippen LogP contribution in [0.2, 0.25) is 0 Å². The van der Waals surface area contributed by atoms with Gasteiger partial charge in [0.15, 0.2) is 0 Å². The SMILES string of the molecule is CCOc1cc(SC(C)(C)C)nnc1-c1ccccc1. The molecule has 0 fully saturated rings. The van der Waals surface area contributed by atoms with Gasteiger partial charge in [0.25, 0.3) is 0 Å². The smallest absolute Gasteiger partial charge is 0.150 e. The summed E-state index contributed by atoms with van der Waals surface area (Å²) in [5, 5.41) is 9.56. The summed E-state index contributed by atoms with van der Waals surface area (Å²) in [6.45, 7) is 9.07. The number of ether oxygens (including phenoxy) is 1. The monoisotopic (exact) mass is 288 g/mol. The van der Waals surface area contributed by atoms with Crippen molar-refractivity contribution in [2.45, 2.75) is 37.5 Å². The Kier molecular flexibility index (Phi) is 4.65. The first-order chi connectivity index (χ1) is 9.49. The molecule has 0 radical (unpaired) electrons. The molecule has 2 aromatic rings. The first kappa shape index (κ1) is 14.9. The van der Waals surface area contributed by atoms with Gasteiger partial charge in [0.05, 0.1) is 6.61 Å². The number of rotatable bonds is 4. The summed E-state index contributed by atoms with van der Waals surface area (Å²) in [5.41, 5.74) is 1.82. The van der Waals surface area contributed by atoms with E-state index in [0.29, 0.717) is 6.61 Å². The summed E-state index contributed by atoms with van der Waals surface area (Å²) in [6.07, 6.45) is 0. The van der Waals surface area contributed by atoms with Gasteiger partial charge >= 0.3 is 0 Å². The Bertz CT molecular complexity index is 564. The molecule has 1 aromatic heterocycles. The topological polar surface area (TPSA) is 35.0 Å². The Morgan fingerprint density at radius 3 is 2.40 bits per heavy atom. The second kappa shape index (κ2) is 6.27. The van der Waals surface area contributed by atoms with Crippen LogP contribution in [0, 0.1) is 0 Å². The standard InChI is InChI=1S/C16H20N2OS/c1-5-19-13-11-14(20-16(2,3)4)17-18-15(13)12-9-7-6-8-10-12/h6-11H,5H2,1-4H3. The van der Waals surface area contributed by atoms with Crippen molar-refractivity contribution in [3.63, 3.8) is 0 Å². The van der Waals surface area contributed by atoms with Crippen LogP contribution in [0.5, 0.6) is 5.75 Å². The van der Waals surface area contributed by atoms with Crippen molar-refractivity contribution in [1.29, 1.82) is 0 Å². The van der Waals surface area contributed by atoms with E-state index in [0.717, 1.165) is 22.0 Å². The maximum Gasteiger partial charge on any atom is 0.150 e. The van der Waals surface area contributed by atoms with Gasteiger partial charge in [0.1, 0.15) is 16.5 Å². The van der Waals surface area contributed by atoms with Gasteiger partial charge in [0.2, 0.25) is 0 Å². The van der Waals surface area contributed by atoms with Crippen molar-refractivity contribution in [2.24, 2.45) is 0 Å². The van der Waals surface area contributed by atoms with E-state index in [1.807, 2.05) is 43.3 Å². The van der Waals surface area contributed by atoms with Gasteiger partial charge in [-0.25, -0.2) is 0 Å². The first-order valence-corrected chi connectivity index (χ1v) is 7.56. The Balaban J connectivity index is 2.38. The van der Waals surface area contributed by atoms with Gasteiger partial charge < -0.3 is 4.74 Å². The van der Waals surface area contributed by atoms with Crippen LogP contribution in [-0.2, 0) is 0 Å². The summed E-state index contributed by atoms with van der Waals surface area (Å²) in [4.78, 5) is 0. The van der Waals surface area contributed by atoms with Crippen molar-refractivity contribution >= 4 is 11.8 Å². The summed E-state index contributed by atoms with van der Waals surface area (Å²) < 4.78 is 5.83. The van der Waals surface area contributed by atoms with E-state index in [2.05, 4.69) is 31.0 Å². The zero-order chi connectivity index (χ0) is 14.6. The minimum atomic E-state index is 0.104. The third-order valence-corrected chi connectivity index (χ3v) is 3.52. The molecule has 106 valence electrons. The summed E-state index contributed by atoms with van der Waals surface area (Å²) in [6, 6.07) is 12.0. The Morgan fingerprint density at radius 2 is 1.80 bits per heavy atom. The molecule has 0 saturated carbocycles. The molecule has 0 aliphatic carbocycles. The third-order valence-electron chi connectivity index (χ3n) is 2.49. The quantitative estimate of drug-likeness (QED) is 0.779. The Hall–Kier alpha value is -1.55. The lowest BCUT2D eigenvalue weighted by molar-refractivity contribution is 0.338. The fourth-order valence-electron chi connectivity index (χ4n) is 1.78. The number of nitrogens with zero attached hydrogens (tertiary/aromatic N) is 2. The number of thioether (sulfide) groups is 1.